The van der Waals surface area contributed by atoms with E-state index in [1.165, 1.54) is 12.1 Å². The molecule has 0 amide bonds. The molecule has 7 heteroatoms. The molecule has 0 aliphatic heterocycles. The molecule has 0 spiro atoms. The van der Waals surface area contributed by atoms with E-state index in [9.17, 15) is 10.5 Å². The third-order valence-corrected chi connectivity index (χ3v) is 11.7. The molecule has 10 aromatic rings. The van der Waals surface area contributed by atoms with Gasteiger partial charge in [0.05, 0.1) is 62.3 Å². The smallest absolute Gasteiger partial charge is 0.308 e. The van der Waals surface area contributed by atoms with Crippen molar-refractivity contribution in [1.29, 1.82) is 10.5 Å². The lowest BCUT2D eigenvalue weighted by molar-refractivity contribution is -0.137. The van der Waals surface area contributed by atoms with Gasteiger partial charge in [0.2, 0.25) is 0 Å². The van der Waals surface area contributed by atoms with E-state index in [1.54, 1.807) is 12.1 Å². The molecule has 2 heterocycles. The first-order chi connectivity index (χ1) is 29.2. The van der Waals surface area contributed by atoms with E-state index in [0.29, 0.717) is 11.4 Å². The van der Waals surface area contributed by atoms with Crippen molar-refractivity contribution < 1.29 is 13.2 Å². The molecular weight excluding hydrogens is 750 g/mol. The summed E-state index contributed by atoms with van der Waals surface area (Å²) < 4.78 is 50.5. The fourth-order valence-electron chi connectivity index (χ4n) is 9.03. The highest BCUT2D eigenvalue weighted by Crippen LogP contribution is 2.48. The van der Waals surface area contributed by atoms with E-state index in [4.69, 9.17) is 0 Å². The minimum atomic E-state index is -4.83. The van der Waals surface area contributed by atoms with Gasteiger partial charge in [0.25, 0.3) is 0 Å². The summed E-state index contributed by atoms with van der Waals surface area (Å²) in [4.78, 5) is 0. The molecule has 8 aromatic carbocycles. The molecule has 0 radical (unpaired) electrons. The topological polar surface area (TPSA) is 57.4 Å². The molecule has 0 unspecified atom stereocenters. The lowest BCUT2D eigenvalue weighted by atomic mass is 9.90. The molecule has 10 rings (SSSR count). The van der Waals surface area contributed by atoms with Crippen molar-refractivity contribution in [2.75, 3.05) is 0 Å². The predicted molar refractivity (Wildman–Crippen MR) is 235 cm³/mol. The van der Waals surface area contributed by atoms with Crippen LogP contribution >= 0.6 is 0 Å². The van der Waals surface area contributed by atoms with Gasteiger partial charge in [-0.3, -0.25) is 0 Å². The minimum absolute atomic E-state index is 0.139. The van der Waals surface area contributed by atoms with Crippen LogP contribution in [0.4, 0.5) is 13.2 Å². The first-order valence-electron chi connectivity index (χ1n) is 19.5. The van der Waals surface area contributed by atoms with Crippen molar-refractivity contribution in [3.8, 4) is 56.9 Å². The van der Waals surface area contributed by atoms with Gasteiger partial charge in [0, 0.05) is 32.7 Å². The van der Waals surface area contributed by atoms with Crippen LogP contribution in [0.1, 0.15) is 27.8 Å². The quantitative estimate of drug-likeness (QED) is 0.175. The average Bonchev–Trinajstić information content (AvgIpc) is 3.77. The van der Waals surface area contributed by atoms with Crippen LogP contribution in [0.2, 0.25) is 0 Å². The van der Waals surface area contributed by atoms with Crippen molar-refractivity contribution >= 4 is 43.6 Å². The molecule has 2 aromatic heterocycles. The maximum atomic E-state index is 15.5. The second-order valence-corrected chi connectivity index (χ2v) is 15.1. The van der Waals surface area contributed by atoms with Gasteiger partial charge in [-0.1, -0.05) is 115 Å². The zero-order chi connectivity index (χ0) is 41.3. The number of hydrogen-bond donors (Lipinski definition) is 0. The number of alkyl halides is 3. The maximum Gasteiger partial charge on any atom is 0.417 e. The zero-order valence-electron chi connectivity index (χ0n) is 32.5. The summed E-state index contributed by atoms with van der Waals surface area (Å²) in [5, 5.41) is 25.1. The highest BCUT2D eigenvalue weighted by Gasteiger charge is 2.37. The molecule has 0 saturated heterocycles. The second kappa shape index (κ2) is 13.9. The number of rotatable bonds is 5. The Labute approximate surface area is 343 Å². The third-order valence-electron chi connectivity index (χ3n) is 11.7. The average molecular weight is 783 g/mol. The Bertz CT molecular complexity index is 3300. The van der Waals surface area contributed by atoms with Gasteiger partial charge in [-0.2, -0.15) is 23.7 Å². The van der Waals surface area contributed by atoms with E-state index in [2.05, 4.69) is 60.7 Å². The molecule has 0 bridgehead atoms. The summed E-state index contributed by atoms with van der Waals surface area (Å²) >= 11 is 0. The summed E-state index contributed by atoms with van der Waals surface area (Å²) in [6.45, 7) is 4.09. The molecule has 0 fully saturated rings. The van der Waals surface area contributed by atoms with Crippen LogP contribution in [0.3, 0.4) is 0 Å². The Morgan fingerprint density at radius 1 is 0.450 bits per heavy atom. The van der Waals surface area contributed by atoms with E-state index in [0.717, 1.165) is 83.1 Å². The van der Waals surface area contributed by atoms with Crippen LogP contribution in [0.5, 0.6) is 0 Å². The first kappa shape index (κ1) is 36.5. The molecule has 4 nitrogen and oxygen atoms in total. The minimum Gasteiger partial charge on any atom is -0.308 e. The number of para-hydroxylation sites is 2. The van der Waals surface area contributed by atoms with Gasteiger partial charge in [-0.05, 0) is 95.8 Å². The SMILES string of the molecule is Cc1ccccc1-c1ccc2c3ccccc3n(-c3cc(C#N)cc(-n4c5ccccc5c5ccc(-c6ccccc6C)cc54)c3-c3c(C#N)cccc3C(F)(F)F)c2c1. The van der Waals surface area contributed by atoms with E-state index in [1.807, 2.05) is 108 Å². The van der Waals surface area contributed by atoms with Crippen LogP contribution in [0, 0.1) is 36.5 Å². The van der Waals surface area contributed by atoms with Crippen LogP contribution in [0.15, 0.2) is 164 Å². The van der Waals surface area contributed by atoms with E-state index >= 15 is 13.2 Å². The van der Waals surface area contributed by atoms with Gasteiger partial charge in [-0.25, -0.2) is 0 Å². The van der Waals surface area contributed by atoms with Gasteiger partial charge in [-0.15, -0.1) is 0 Å². The molecule has 60 heavy (non-hydrogen) atoms. The number of nitrogens with zero attached hydrogens (tertiary/aromatic N) is 4. The van der Waals surface area contributed by atoms with Crippen LogP contribution in [0.25, 0.3) is 88.4 Å². The number of aryl methyl sites for hydroxylation is 2. The Morgan fingerprint density at radius 2 is 0.917 bits per heavy atom. The van der Waals surface area contributed by atoms with Crippen molar-refractivity contribution in [2.24, 2.45) is 0 Å². The summed E-state index contributed by atoms with van der Waals surface area (Å²) in [6.07, 6.45) is -4.83. The van der Waals surface area contributed by atoms with Gasteiger partial charge >= 0.3 is 6.18 Å². The lowest BCUT2D eigenvalue weighted by Crippen LogP contribution is -2.12. The van der Waals surface area contributed by atoms with Gasteiger partial charge < -0.3 is 9.13 Å². The van der Waals surface area contributed by atoms with E-state index < -0.39 is 11.7 Å². The number of halogens is 3. The van der Waals surface area contributed by atoms with Crippen molar-refractivity contribution in [3.63, 3.8) is 0 Å². The summed E-state index contributed by atoms with van der Waals surface area (Å²) in [6, 6.07) is 55.6. The number of hydrogen-bond acceptors (Lipinski definition) is 2. The Morgan fingerprint density at radius 3 is 1.38 bits per heavy atom. The largest absolute Gasteiger partial charge is 0.417 e. The monoisotopic (exact) mass is 782 g/mol. The Hall–Kier alpha value is -7.87. The maximum absolute atomic E-state index is 15.5. The van der Waals surface area contributed by atoms with E-state index in [-0.39, 0.29) is 22.3 Å². The van der Waals surface area contributed by atoms with Crippen molar-refractivity contribution in [3.05, 3.63) is 192 Å². The normalized spacial score (nSPS) is 11.7. The van der Waals surface area contributed by atoms with Crippen molar-refractivity contribution in [2.45, 2.75) is 20.0 Å². The Balaban J connectivity index is 1.43. The number of aromatic nitrogens is 2. The number of nitriles is 2. The van der Waals surface area contributed by atoms with Gasteiger partial charge in [0.1, 0.15) is 0 Å². The summed E-state index contributed by atoms with van der Waals surface area (Å²) in [7, 11) is 0. The van der Waals surface area contributed by atoms with Crippen molar-refractivity contribution in [1.82, 2.24) is 9.13 Å². The van der Waals surface area contributed by atoms with Gasteiger partial charge in [0.15, 0.2) is 0 Å². The third kappa shape index (κ3) is 5.67. The molecule has 0 atom stereocenters. The lowest BCUT2D eigenvalue weighted by Gasteiger charge is -2.24. The molecule has 0 saturated carbocycles. The van der Waals surface area contributed by atoms with Crippen LogP contribution < -0.4 is 0 Å². The highest BCUT2D eigenvalue weighted by molar-refractivity contribution is 6.13. The molecule has 286 valence electrons. The second-order valence-electron chi connectivity index (χ2n) is 15.1. The highest BCUT2D eigenvalue weighted by atomic mass is 19.4. The summed E-state index contributed by atoms with van der Waals surface area (Å²) in [5.74, 6) is 0. The first-order valence-corrected chi connectivity index (χ1v) is 19.5. The fraction of sp³-hybridized carbons (Fsp3) is 0.0566. The molecule has 0 aliphatic rings. The number of fused-ring (bicyclic) bond motifs is 6. The van der Waals surface area contributed by atoms with Crippen LogP contribution in [-0.4, -0.2) is 9.13 Å². The number of benzene rings is 8. The van der Waals surface area contributed by atoms with Crippen LogP contribution in [-0.2, 0) is 6.18 Å². The standard InChI is InChI=1S/C53H33F3N4/c1-32-12-3-5-15-38(32)35-22-24-42-40-17-7-9-20-45(40)59(47(42)28-35)49-26-34(30-57)27-50(52(49)51-37(31-58)14-11-19-44(51)53(54,55)56)60-46-21-10-8-18-41(46)43-25-23-36(29-48(43)60)39-16-6-4-13-33(39)2/h3-29H,1-2H3. The summed E-state index contributed by atoms with van der Waals surface area (Å²) in [5.41, 5.74) is 8.76. The molecule has 0 N–H and O–H groups in total. The molecule has 0 aliphatic carbocycles. The predicted octanol–water partition coefficient (Wildman–Crippen LogP) is 14.3. The zero-order valence-corrected chi connectivity index (χ0v) is 32.5. The Kier molecular flexibility index (Phi) is 8.45. The molecular formula is C53H33F3N4. The fourth-order valence-corrected chi connectivity index (χ4v) is 9.03.